The molecule has 2 aromatic carbocycles. The summed E-state index contributed by atoms with van der Waals surface area (Å²) in [6.07, 6.45) is 0.452. The van der Waals surface area contributed by atoms with Crippen molar-refractivity contribution in [2.45, 2.75) is 26.7 Å². The highest BCUT2D eigenvalue weighted by atomic mass is 32.1. The molecular formula is C24H24N4O3S. The zero-order valence-corrected chi connectivity index (χ0v) is 18.9. The Kier molecular flexibility index (Phi) is 5.17. The van der Waals surface area contributed by atoms with E-state index in [1.807, 2.05) is 4.90 Å². The molecule has 3 heterocycles. The number of hydrogen-bond acceptors (Lipinski definition) is 6. The molecule has 2 aliphatic rings. The Morgan fingerprint density at radius 1 is 0.969 bits per heavy atom. The smallest absolute Gasteiger partial charge is 0.254 e. The van der Waals surface area contributed by atoms with E-state index in [4.69, 9.17) is 4.98 Å². The van der Waals surface area contributed by atoms with Gasteiger partial charge in [-0.3, -0.25) is 19.3 Å². The number of carbonyl (C=O) groups is 3. The molecule has 0 radical (unpaired) electrons. The van der Waals surface area contributed by atoms with E-state index < -0.39 is 0 Å². The SMILES string of the molecule is Cc1cc(C)c2nc(N3CCN(C(=O)c4cccc(N5C(=O)CCC5=O)c4)CC3)sc2c1. The van der Waals surface area contributed by atoms with Crippen molar-refractivity contribution >= 4 is 50.1 Å². The molecule has 1 aromatic heterocycles. The number of aryl methyl sites for hydroxylation is 2. The molecule has 32 heavy (non-hydrogen) atoms. The van der Waals surface area contributed by atoms with Crippen LogP contribution in [0.25, 0.3) is 10.2 Å². The normalized spacial score (nSPS) is 17.0. The molecule has 0 N–H and O–H groups in total. The van der Waals surface area contributed by atoms with Crippen LogP contribution >= 0.6 is 11.3 Å². The third kappa shape index (κ3) is 3.64. The van der Waals surface area contributed by atoms with Crippen LogP contribution in [-0.4, -0.2) is 53.8 Å². The molecule has 0 unspecified atom stereocenters. The summed E-state index contributed by atoms with van der Waals surface area (Å²) in [5, 5.41) is 0.994. The maximum absolute atomic E-state index is 13.1. The molecule has 2 fully saturated rings. The van der Waals surface area contributed by atoms with Gasteiger partial charge in [-0.15, -0.1) is 0 Å². The number of hydrogen-bond donors (Lipinski definition) is 0. The molecule has 0 spiro atoms. The minimum atomic E-state index is -0.213. The fourth-order valence-corrected chi connectivity index (χ4v) is 5.61. The molecule has 0 saturated carbocycles. The van der Waals surface area contributed by atoms with Crippen LogP contribution < -0.4 is 9.80 Å². The molecule has 164 valence electrons. The van der Waals surface area contributed by atoms with Crippen LogP contribution in [0, 0.1) is 13.8 Å². The van der Waals surface area contributed by atoms with E-state index in [1.54, 1.807) is 35.6 Å². The van der Waals surface area contributed by atoms with Crippen molar-refractivity contribution in [1.82, 2.24) is 9.88 Å². The molecule has 0 atom stereocenters. The number of anilines is 2. The summed E-state index contributed by atoms with van der Waals surface area (Å²) in [5.74, 6) is -0.509. The van der Waals surface area contributed by atoms with E-state index in [-0.39, 0.29) is 30.6 Å². The number of aromatic nitrogens is 1. The summed E-state index contributed by atoms with van der Waals surface area (Å²) in [5.41, 5.74) is 4.44. The lowest BCUT2D eigenvalue weighted by molar-refractivity contribution is -0.121. The van der Waals surface area contributed by atoms with E-state index in [2.05, 4.69) is 30.9 Å². The third-order valence-corrected chi connectivity index (χ3v) is 7.12. The summed E-state index contributed by atoms with van der Waals surface area (Å²) < 4.78 is 1.19. The van der Waals surface area contributed by atoms with Crippen LogP contribution in [0.1, 0.15) is 34.3 Å². The zero-order valence-electron chi connectivity index (χ0n) is 18.1. The number of fused-ring (bicyclic) bond motifs is 1. The van der Waals surface area contributed by atoms with Gasteiger partial charge >= 0.3 is 0 Å². The highest BCUT2D eigenvalue weighted by molar-refractivity contribution is 7.22. The van der Waals surface area contributed by atoms with E-state index >= 15 is 0 Å². The summed E-state index contributed by atoms with van der Waals surface area (Å²) in [4.78, 5) is 47.3. The van der Waals surface area contributed by atoms with Gasteiger partial charge in [-0.05, 0) is 49.2 Å². The number of carbonyl (C=O) groups excluding carboxylic acids is 3. The summed E-state index contributed by atoms with van der Waals surface area (Å²) in [6, 6.07) is 11.1. The molecule has 3 aromatic rings. The monoisotopic (exact) mass is 448 g/mol. The first-order valence-corrected chi connectivity index (χ1v) is 11.6. The molecule has 7 nitrogen and oxygen atoms in total. The highest BCUT2D eigenvalue weighted by Gasteiger charge is 2.31. The van der Waals surface area contributed by atoms with E-state index in [9.17, 15) is 14.4 Å². The third-order valence-electron chi connectivity index (χ3n) is 6.06. The minimum Gasteiger partial charge on any atom is -0.345 e. The van der Waals surface area contributed by atoms with Crippen molar-refractivity contribution in [1.29, 1.82) is 0 Å². The van der Waals surface area contributed by atoms with Crippen LogP contribution in [0.3, 0.4) is 0 Å². The zero-order chi connectivity index (χ0) is 22.4. The van der Waals surface area contributed by atoms with Crippen molar-refractivity contribution in [2.75, 3.05) is 36.0 Å². The highest BCUT2D eigenvalue weighted by Crippen LogP contribution is 2.32. The van der Waals surface area contributed by atoms with Gasteiger partial charge in [-0.2, -0.15) is 0 Å². The molecule has 0 aliphatic carbocycles. The molecule has 5 rings (SSSR count). The van der Waals surface area contributed by atoms with Crippen molar-refractivity contribution in [2.24, 2.45) is 0 Å². The van der Waals surface area contributed by atoms with E-state index in [0.717, 1.165) is 10.6 Å². The second kappa shape index (κ2) is 8.02. The first-order valence-electron chi connectivity index (χ1n) is 10.8. The Hall–Kier alpha value is -3.26. The van der Waals surface area contributed by atoms with Gasteiger partial charge in [0.25, 0.3) is 5.91 Å². The quantitative estimate of drug-likeness (QED) is 0.573. The van der Waals surface area contributed by atoms with Gasteiger partial charge in [0.2, 0.25) is 11.8 Å². The second-order valence-electron chi connectivity index (χ2n) is 8.38. The summed E-state index contributed by atoms with van der Waals surface area (Å²) in [7, 11) is 0. The topological polar surface area (TPSA) is 73.8 Å². The molecule has 2 saturated heterocycles. The van der Waals surface area contributed by atoms with Gasteiger partial charge in [0.15, 0.2) is 5.13 Å². The summed E-state index contributed by atoms with van der Waals surface area (Å²) >= 11 is 1.70. The van der Waals surface area contributed by atoms with Gasteiger partial charge < -0.3 is 9.80 Å². The predicted octanol–water partition coefficient (Wildman–Crippen LogP) is 3.53. The Morgan fingerprint density at radius 3 is 2.41 bits per heavy atom. The maximum Gasteiger partial charge on any atom is 0.254 e. The van der Waals surface area contributed by atoms with Gasteiger partial charge in [-0.1, -0.05) is 23.5 Å². The number of nitrogens with zero attached hydrogens (tertiary/aromatic N) is 4. The van der Waals surface area contributed by atoms with Gasteiger partial charge in [0.05, 0.1) is 15.9 Å². The molecule has 8 heteroatoms. The Bertz CT molecular complexity index is 1230. The van der Waals surface area contributed by atoms with Gasteiger partial charge in [0.1, 0.15) is 0 Å². The van der Waals surface area contributed by atoms with E-state index in [0.29, 0.717) is 37.4 Å². The van der Waals surface area contributed by atoms with Crippen LogP contribution in [0.5, 0.6) is 0 Å². The van der Waals surface area contributed by atoms with Gasteiger partial charge in [-0.25, -0.2) is 4.98 Å². The molecule has 3 amide bonds. The number of imide groups is 1. The van der Waals surface area contributed by atoms with Crippen molar-refractivity contribution in [3.8, 4) is 0 Å². The number of benzene rings is 2. The lowest BCUT2D eigenvalue weighted by atomic mass is 10.1. The number of amides is 3. The average molecular weight is 449 g/mol. The Balaban J connectivity index is 1.29. The fraction of sp³-hybridized carbons (Fsp3) is 0.333. The van der Waals surface area contributed by atoms with Crippen molar-refractivity contribution < 1.29 is 14.4 Å². The second-order valence-corrected chi connectivity index (χ2v) is 9.39. The maximum atomic E-state index is 13.1. The lowest BCUT2D eigenvalue weighted by Crippen LogP contribution is -2.48. The number of rotatable bonds is 3. The van der Waals surface area contributed by atoms with Crippen LogP contribution in [-0.2, 0) is 9.59 Å². The average Bonchev–Trinajstić information content (AvgIpc) is 3.36. The van der Waals surface area contributed by atoms with Crippen LogP contribution in [0.2, 0.25) is 0 Å². The number of piperazine rings is 1. The first-order chi connectivity index (χ1) is 15.4. The van der Waals surface area contributed by atoms with Crippen LogP contribution in [0.15, 0.2) is 36.4 Å². The predicted molar refractivity (Wildman–Crippen MR) is 125 cm³/mol. The van der Waals surface area contributed by atoms with Crippen LogP contribution in [0.4, 0.5) is 10.8 Å². The Labute approximate surface area is 190 Å². The standard InChI is InChI=1S/C24H24N4O3S/c1-15-12-16(2)22-19(13-15)32-24(25-22)27-10-8-26(9-11-27)23(31)17-4-3-5-18(14-17)28-20(29)6-7-21(28)30/h3-5,12-14H,6-11H2,1-2H3. The van der Waals surface area contributed by atoms with Gasteiger partial charge in [0, 0.05) is 44.6 Å². The van der Waals surface area contributed by atoms with E-state index in [1.165, 1.54) is 20.7 Å². The summed E-state index contributed by atoms with van der Waals surface area (Å²) in [6.45, 7) is 6.81. The fourth-order valence-electron chi connectivity index (χ4n) is 4.42. The minimum absolute atomic E-state index is 0.0821. The van der Waals surface area contributed by atoms with Crippen molar-refractivity contribution in [3.63, 3.8) is 0 Å². The molecular weight excluding hydrogens is 424 g/mol. The lowest BCUT2D eigenvalue weighted by Gasteiger charge is -2.34. The number of thiazole rings is 1. The largest absolute Gasteiger partial charge is 0.345 e. The first kappa shape index (κ1) is 20.6. The molecule has 0 bridgehead atoms. The Morgan fingerprint density at radius 2 is 1.69 bits per heavy atom. The van der Waals surface area contributed by atoms with Crippen molar-refractivity contribution in [3.05, 3.63) is 53.1 Å². The molecule has 2 aliphatic heterocycles.